The van der Waals surface area contributed by atoms with E-state index in [1.807, 2.05) is 0 Å². The van der Waals surface area contributed by atoms with Crippen molar-refractivity contribution in [1.82, 2.24) is 0 Å². The van der Waals surface area contributed by atoms with E-state index in [0.717, 1.165) is 34.6 Å². The molecular formula is C40H28O. The molecule has 0 fully saturated rings. The third-order valence-corrected chi connectivity index (χ3v) is 8.53. The second kappa shape index (κ2) is 9.21. The van der Waals surface area contributed by atoms with Crippen LogP contribution in [0.2, 0.25) is 0 Å². The predicted octanol–water partition coefficient (Wildman–Crippen LogP) is 11.4. The molecule has 0 amide bonds. The van der Waals surface area contributed by atoms with E-state index in [2.05, 4.69) is 141 Å². The fourth-order valence-electron chi connectivity index (χ4n) is 6.61. The highest BCUT2D eigenvalue weighted by Crippen LogP contribution is 2.49. The summed E-state index contributed by atoms with van der Waals surface area (Å²) in [4.78, 5) is 0. The van der Waals surface area contributed by atoms with Crippen molar-refractivity contribution in [2.24, 2.45) is 0 Å². The van der Waals surface area contributed by atoms with Crippen LogP contribution in [0.5, 0.6) is 11.5 Å². The van der Waals surface area contributed by atoms with Crippen molar-refractivity contribution in [2.75, 3.05) is 0 Å². The van der Waals surface area contributed by atoms with Crippen LogP contribution < -0.4 is 4.74 Å². The van der Waals surface area contributed by atoms with Gasteiger partial charge in [0, 0.05) is 11.1 Å². The first-order valence-corrected chi connectivity index (χ1v) is 14.2. The number of hydrogen-bond donors (Lipinski definition) is 0. The summed E-state index contributed by atoms with van der Waals surface area (Å²) >= 11 is 0. The Bertz CT molecular complexity index is 2070. The van der Waals surface area contributed by atoms with E-state index in [-0.39, 0.29) is 0 Å². The molecule has 0 bridgehead atoms. The highest BCUT2D eigenvalue weighted by atomic mass is 16.5. The van der Waals surface area contributed by atoms with Crippen LogP contribution in [-0.2, 0) is 0 Å². The van der Waals surface area contributed by atoms with E-state index in [4.69, 9.17) is 4.74 Å². The van der Waals surface area contributed by atoms with Gasteiger partial charge in [-0.05, 0) is 104 Å². The Hall–Kier alpha value is -5.14. The van der Waals surface area contributed by atoms with E-state index in [9.17, 15) is 0 Å². The van der Waals surface area contributed by atoms with Crippen molar-refractivity contribution >= 4 is 22.4 Å². The van der Waals surface area contributed by atoms with E-state index in [0.29, 0.717) is 0 Å². The fourth-order valence-corrected chi connectivity index (χ4v) is 6.61. The number of rotatable bonds is 2. The van der Waals surface area contributed by atoms with Crippen LogP contribution >= 0.6 is 0 Å². The molecule has 194 valence electrons. The minimum absolute atomic E-state index is 0.872. The van der Waals surface area contributed by atoms with Gasteiger partial charge in [0.15, 0.2) is 0 Å². The van der Waals surface area contributed by atoms with Gasteiger partial charge in [-0.15, -0.1) is 0 Å². The van der Waals surface area contributed by atoms with Crippen LogP contribution in [0.15, 0.2) is 128 Å². The molecule has 6 aromatic rings. The summed E-state index contributed by atoms with van der Waals surface area (Å²) in [5, 5.41) is 2.56. The maximum atomic E-state index is 6.68. The van der Waals surface area contributed by atoms with Gasteiger partial charge in [-0.25, -0.2) is 0 Å². The topological polar surface area (TPSA) is 9.23 Å². The van der Waals surface area contributed by atoms with Crippen molar-refractivity contribution in [1.29, 1.82) is 0 Å². The molecule has 0 saturated carbocycles. The molecule has 0 unspecified atom stereocenters. The van der Waals surface area contributed by atoms with Gasteiger partial charge in [-0.3, -0.25) is 0 Å². The van der Waals surface area contributed by atoms with Gasteiger partial charge in [0.1, 0.15) is 11.5 Å². The van der Waals surface area contributed by atoms with Crippen LogP contribution in [0.4, 0.5) is 0 Å². The average molecular weight is 525 g/mol. The first-order valence-electron chi connectivity index (χ1n) is 14.2. The molecule has 0 N–H and O–H groups in total. The predicted molar refractivity (Wildman–Crippen MR) is 173 cm³/mol. The number of allylic oxidation sites excluding steroid dienone is 2. The highest BCUT2D eigenvalue weighted by Gasteiger charge is 2.23. The Morgan fingerprint density at radius 1 is 0.585 bits per heavy atom. The first-order chi connectivity index (χ1) is 20.2. The first kappa shape index (κ1) is 23.7. The smallest absolute Gasteiger partial charge is 0.135 e. The summed E-state index contributed by atoms with van der Waals surface area (Å²) < 4.78 is 6.68. The SMILES string of the molecule is C=C1CC=Cc2cccc(-c3ccc4c(c3)-c3ccccc3-c3cc(-c5cccc6cccc(C)c56)ccc3O4)c21. The lowest BCUT2D eigenvalue weighted by Gasteiger charge is -2.19. The summed E-state index contributed by atoms with van der Waals surface area (Å²) in [6.45, 7) is 6.58. The number of fused-ring (bicyclic) bond motifs is 7. The molecule has 0 spiro atoms. The monoisotopic (exact) mass is 524 g/mol. The van der Waals surface area contributed by atoms with Crippen molar-refractivity contribution in [3.63, 3.8) is 0 Å². The molecule has 2 aliphatic rings. The summed E-state index contributed by atoms with van der Waals surface area (Å²) in [5.41, 5.74) is 14.3. The third-order valence-electron chi connectivity index (χ3n) is 8.53. The van der Waals surface area contributed by atoms with Gasteiger partial charge < -0.3 is 4.74 Å². The van der Waals surface area contributed by atoms with Gasteiger partial charge >= 0.3 is 0 Å². The van der Waals surface area contributed by atoms with E-state index >= 15 is 0 Å². The number of aryl methyl sites for hydroxylation is 1. The van der Waals surface area contributed by atoms with E-state index in [1.54, 1.807) is 0 Å². The third kappa shape index (κ3) is 3.77. The Labute approximate surface area is 240 Å². The fraction of sp³-hybridized carbons (Fsp3) is 0.0500. The van der Waals surface area contributed by atoms with Gasteiger partial charge in [0.2, 0.25) is 0 Å². The largest absolute Gasteiger partial charge is 0.456 e. The molecule has 0 aromatic heterocycles. The normalized spacial score (nSPS) is 13.0. The van der Waals surface area contributed by atoms with Gasteiger partial charge in [-0.2, -0.15) is 0 Å². The Kier molecular flexibility index (Phi) is 5.33. The van der Waals surface area contributed by atoms with Crippen molar-refractivity contribution in [3.8, 4) is 56.0 Å². The van der Waals surface area contributed by atoms with Gasteiger partial charge in [0.25, 0.3) is 0 Å². The van der Waals surface area contributed by atoms with Gasteiger partial charge in [0.05, 0.1) is 0 Å². The molecule has 1 heterocycles. The number of hydrogen-bond acceptors (Lipinski definition) is 1. The molecule has 41 heavy (non-hydrogen) atoms. The second-order valence-corrected chi connectivity index (χ2v) is 11.0. The van der Waals surface area contributed by atoms with Crippen LogP contribution in [-0.4, -0.2) is 0 Å². The van der Waals surface area contributed by atoms with Crippen molar-refractivity contribution < 1.29 is 4.74 Å². The molecule has 8 rings (SSSR count). The van der Waals surface area contributed by atoms with Crippen LogP contribution in [0.3, 0.4) is 0 Å². The molecule has 0 radical (unpaired) electrons. The lowest BCUT2D eigenvalue weighted by atomic mass is 9.85. The summed E-state index contributed by atoms with van der Waals surface area (Å²) in [6.07, 6.45) is 5.29. The average Bonchev–Trinajstić information content (AvgIpc) is 3.15. The van der Waals surface area contributed by atoms with Gasteiger partial charge in [-0.1, -0.05) is 110 Å². The standard InChI is InChI=1S/C40H28O/c1-25-9-5-11-27-13-7-17-31(39(25)27)29-19-21-37-35(23-29)33-15-3-4-16-34(33)36-24-30(20-22-38(36)41-37)32-18-8-14-28-12-6-10-26(2)40(28)32/h3-8,10-24H,1,9H2,2H3. The van der Waals surface area contributed by atoms with Crippen molar-refractivity contribution in [2.45, 2.75) is 13.3 Å². The Morgan fingerprint density at radius 3 is 1.93 bits per heavy atom. The van der Waals surface area contributed by atoms with E-state index < -0.39 is 0 Å². The summed E-state index contributed by atoms with van der Waals surface area (Å²) in [7, 11) is 0. The lowest BCUT2D eigenvalue weighted by Crippen LogP contribution is -1.96. The maximum absolute atomic E-state index is 6.68. The highest BCUT2D eigenvalue weighted by molar-refractivity contribution is 6.01. The minimum atomic E-state index is 0.872. The molecule has 6 aromatic carbocycles. The zero-order chi connectivity index (χ0) is 27.5. The van der Waals surface area contributed by atoms with Crippen LogP contribution in [0, 0.1) is 6.92 Å². The molecule has 1 heteroatoms. The zero-order valence-electron chi connectivity index (χ0n) is 22.9. The Balaban J connectivity index is 1.31. The van der Waals surface area contributed by atoms with Crippen LogP contribution in [0.25, 0.3) is 66.9 Å². The Morgan fingerprint density at radius 2 is 1.20 bits per heavy atom. The minimum Gasteiger partial charge on any atom is -0.456 e. The molecule has 1 aliphatic carbocycles. The molecular weight excluding hydrogens is 496 g/mol. The molecule has 0 saturated heterocycles. The molecule has 0 atom stereocenters. The van der Waals surface area contributed by atoms with E-state index in [1.165, 1.54) is 60.8 Å². The quantitative estimate of drug-likeness (QED) is 0.218. The molecule has 1 aliphatic heterocycles. The number of benzene rings is 6. The second-order valence-electron chi connectivity index (χ2n) is 11.0. The maximum Gasteiger partial charge on any atom is 0.135 e. The lowest BCUT2D eigenvalue weighted by molar-refractivity contribution is 0.488. The molecule has 1 nitrogen and oxygen atoms in total. The van der Waals surface area contributed by atoms with Crippen LogP contribution in [0.1, 0.15) is 23.1 Å². The van der Waals surface area contributed by atoms with Crippen molar-refractivity contribution in [3.05, 3.63) is 145 Å². The zero-order valence-corrected chi connectivity index (χ0v) is 22.9. The summed E-state index contributed by atoms with van der Waals surface area (Å²) in [6, 6.07) is 41.5. The number of ether oxygens (including phenoxy) is 1. The summed E-state index contributed by atoms with van der Waals surface area (Å²) in [5.74, 6) is 1.75.